The molecule has 0 saturated heterocycles. The third-order valence-corrected chi connectivity index (χ3v) is 8.18. The van der Waals surface area contributed by atoms with Crippen LogP contribution in [-0.2, 0) is 0 Å². The van der Waals surface area contributed by atoms with Gasteiger partial charge in [-0.2, -0.15) is 0 Å². The molecule has 2 aromatic carbocycles. The SMILES string of the molecule is C=C/C=C\C1=C(C)C(=C/C)/C(=c2/c(/C=C\C=C)c(C=C)n3c(nc4ccccc43)/c2=C/C)c2ccccc2/C=C1/C=C\C=C/C. The van der Waals surface area contributed by atoms with Gasteiger partial charge in [-0.1, -0.05) is 129 Å². The van der Waals surface area contributed by atoms with Crippen LogP contribution >= 0.6 is 0 Å². The number of benzene rings is 2. The highest BCUT2D eigenvalue weighted by molar-refractivity contribution is 5.93. The Labute approximate surface area is 267 Å². The van der Waals surface area contributed by atoms with Crippen LogP contribution in [0.2, 0.25) is 0 Å². The Morgan fingerprint density at radius 2 is 1.51 bits per heavy atom. The summed E-state index contributed by atoms with van der Waals surface area (Å²) in [5.74, 6) is 0. The Bertz CT molecular complexity index is 2180. The van der Waals surface area contributed by atoms with Crippen LogP contribution in [0, 0.1) is 0 Å². The van der Waals surface area contributed by atoms with Crippen molar-refractivity contribution in [2.45, 2.75) is 27.7 Å². The van der Waals surface area contributed by atoms with Crippen molar-refractivity contribution >= 4 is 46.6 Å². The number of nitrogens with zero attached hydrogens (tertiary/aromatic N) is 2. The maximum Gasteiger partial charge on any atom is 0.146 e. The number of hydrogen-bond acceptors (Lipinski definition) is 1. The first-order chi connectivity index (χ1) is 22.0. The van der Waals surface area contributed by atoms with Crippen molar-refractivity contribution < 1.29 is 0 Å². The molecule has 0 N–H and O–H groups in total. The molecule has 45 heavy (non-hydrogen) atoms. The van der Waals surface area contributed by atoms with Gasteiger partial charge in [0.1, 0.15) is 5.65 Å². The van der Waals surface area contributed by atoms with Gasteiger partial charge in [0.05, 0.1) is 16.7 Å². The standard InChI is InChI=1S/C43H40N2/c1-8-14-17-22-31-29-32-23-18-19-26-36(32)41(33(11-4)30(7)35(31)24-15-9-2)42-34(12-5)43-44-38-27-20-21-28-40(38)45(43)39(13-6)37(42)25-16-10-3/h8-29H,2-3,6H2,1,4-5,7H3/b14-8-,22-17-,24-15-,25-16-,31-29-,33-11-,34-12+,35-30?,42-41-. The number of rotatable bonds is 7. The average molecular weight is 585 g/mol. The summed E-state index contributed by atoms with van der Waals surface area (Å²) in [6, 6.07) is 17.0. The first kappa shape index (κ1) is 31.0. The van der Waals surface area contributed by atoms with Crippen molar-refractivity contribution in [1.82, 2.24) is 9.38 Å². The molecule has 0 unspecified atom stereocenters. The molecule has 4 aromatic rings. The van der Waals surface area contributed by atoms with Crippen LogP contribution in [-0.4, -0.2) is 9.38 Å². The Morgan fingerprint density at radius 1 is 0.778 bits per heavy atom. The normalized spacial score (nSPS) is 18.0. The molecule has 0 saturated carbocycles. The van der Waals surface area contributed by atoms with Crippen molar-refractivity contribution in [3.8, 4) is 0 Å². The second-order valence-electron chi connectivity index (χ2n) is 10.7. The van der Waals surface area contributed by atoms with Gasteiger partial charge in [0.15, 0.2) is 0 Å². The maximum absolute atomic E-state index is 5.19. The van der Waals surface area contributed by atoms with Gasteiger partial charge in [-0.15, -0.1) is 0 Å². The number of aromatic nitrogens is 2. The van der Waals surface area contributed by atoms with E-state index < -0.39 is 0 Å². The lowest BCUT2D eigenvalue weighted by molar-refractivity contribution is 1.16. The fourth-order valence-corrected chi connectivity index (χ4v) is 6.25. The minimum absolute atomic E-state index is 0.903. The van der Waals surface area contributed by atoms with Gasteiger partial charge in [-0.3, -0.25) is 4.40 Å². The summed E-state index contributed by atoms with van der Waals surface area (Å²) in [5.41, 5.74) is 13.0. The van der Waals surface area contributed by atoms with E-state index in [1.165, 1.54) is 5.57 Å². The van der Waals surface area contributed by atoms with Crippen LogP contribution in [0.4, 0.5) is 0 Å². The highest BCUT2D eigenvalue weighted by Gasteiger charge is 2.23. The molecule has 2 heteroatoms. The summed E-state index contributed by atoms with van der Waals surface area (Å²) >= 11 is 0. The number of fused-ring (bicyclic) bond motifs is 4. The monoisotopic (exact) mass is 584 g/mol. The molecular weight excluding hydrogens is 544 g/mol. The largest absolute Gasteiger partial charge is 0.292 e. The van der Waals surface area contributed by atoms with Crippen LogP contribution in [0.15, 0.2) is 151 Å². The van der Waals surface area contributed by atoms with Crippen LogP contribution in [0.25, 0.3) is 46.6 Å². The fraction of sp³-hybridized carbons (Fsp3) is 0.0930. The molecule has 2 nitrogen and oxygen atoms in total. The zero-order valence-electron chi connectivity index (χ0n) is 26.7. The van der Waals surface area contributed by atoms with Crippen LogP contribution in [0.5, 0.6) is 0 Å². The van der Waals surface area contributed by atoms with Gasteiger partial charge in [0, 0.05) is 16.0 Å². The van der Waals surface area contributed by atoms with Crippen molar-refractivity contribution in [3.05, 3.63) is 184 Å². The first-order valence-corrected chi connectivity index (χ1v) is 15.4. The number of para-hydroxylation sites is 2. The smallest absolute Gasteiger partial charge is 0.146 e. The molecule has 2 aromatic heterocycles. The molecule has 1 aliphatic rings. The second-order valence-corrected chi connectivity index (χ2v) is 10.7. The Morgan fingerprint density at radius 3 is 2.22 bits per heavy atom. The lowest BCUT2D eigenvalue weighted by Gasteiger charge is -2.24. The zero-order chi connectivity index (χ0) is 31.9. The summed E-state index contributed by atoms with van der Waals surface area (Å²) < 4.78 is 2.24. The molecule has 222 valence electrons. The van der Waals surface area contributed by atoms with Crippen LogP contribution in [0.3, 0.4) is 0 Å². The molecule has 0 spiro atoms. The van der Waals surface area contributed by atoms with Crippen molar-refractivity contribution in [2.75, 3.05) is 0 Å². The molecule has 0 fully saturated rings. The second kappa shape index (κ2) is 13.9. The summed E-state index contributed by atoms with van der Waals surface area (Å²) in [4.78, 5) is 5.19. The highest BCUT2D eigenvalue weighted by Crippen LogP contribution is 2.37. The van der Waals surface area contributed by atoms with Gasteiger partial charge in [-0.25, -0.2) is 4.98 Å². The molecule has 1 aliphatic carbocycles. The predicted octanol–water partition coefficient (Wildman–Crippen LogP) is 9.86. The third-order valence-electron chi connectivity index (χ3n) is 8.18. The fourth-order valence-electron chi connectivity index (χ4n) is 6.25. The summed E-state index contributed by atoms with van der Waals surface area (Å²) in [5, 5.41) is 2.18. The molecule has 0 atom stereocenters. The molecule has 0 amide bonds. The maximum atomic E-state index is 5.19. The van der Waals surface area contributed by atoms with E-state index in [2.05, 4.69) is 136 Å². The quantitative estimate of drug-likeness (QED) is 0.198. The van der Waals surface area contributed by atoms with Gasteiger partial charge in [-0.05, 0) is 91.0 Å². The Kier molecular flexibility index (Phi) is 9.55. The van der Waals surface area contributed by atoms with E-state index in [0.29, 0.717) is 0 Å². The Hall–Kier alpha value is -5.47. The summed E-state index contributed by atoms with van der Waals surface area (Å²) in [6.45, 7) is 20.7. The first-order valence-electron chi connectivity index (χ1n) is 15.4. The topological polar surface area (TPSA) is 17.3 Å². The number of pyridine rings is 1. The highest BCUT2D eigenvalue weighted by atomic mass is 15.0. The van der Waals surface area contributed by atoms with Crippen molar-refractivity contribution in [1.29, 1.82) is 0 Å². The Balaban J connectivity index is 2.15. The van der Waals surface area contributed by atoms with E-state index in [-0.39, 0.29) is 0 Å². The van der Waals surface area contributed by atoms with E-state index in [0.717, 1.165) is 71.8 Å². The number of allylic oxidation sites excluding steroid dienone is 14. The van der Waals surface area contributed by atoms with E-state index in [1.807, 2.05) is 49.4 Å². The van der Waals surface area contributed by atoms with Gasteiger partial charge < -0.3 is 0 Å². The van der Waals surface area contributed by atoms with Gasteiger partial charge >= 0.3 is 0 Å². The molecular formula is C43H40N2. The third kappa shape index (κ3) is 5.63. The number of imidazole rings is 1. The summed E-state index contributed by atoms with van der Waals surface area (Å²) in [7, 11) is 0. The van der Waals surface area contributed by atoms with E-state index in [1.54, 1.807) is 0 Å². The van der Waals surface area contributed by atoms with Gasteiger partial charge in [0.25, 0.3) is 0 Å². The average Bonchev–Trinajstić information content (AvgIpc) is 3.44. The molecule has 0 bridgehead atoms. The minimum atomic E-state index is 0.903. The van der Waals surface area contributed by atoms with Crippen molar-refractivity contribution in [2.24, 2.45) is 0 Å². The lowest BCUT2D eigenvalue weighted by atomic mass is 9.80. The van der Waals surface area contributed by atoms with Crippen LogP contribution in [0.1, 0.15) is 50.1 Å². The zero-order valence-corrected chi connectivity index (χ0v) is 26.7. The minimum Gasteiger partial charge on any atom is -0.292 e. The van der Waals surface area contributed by atoms with E-state index in [4.69, 9.17) is 4.98 Å². The molecule has 0 aliphatic heterocycles. The van der Waals surface area contributed by atoms with Gasteiger partial charge in [0.2, 0.25) is 0 Å². The van der Waals surface area contributed by atoms with Crippen molar-refractivity contribution in [3.63, 3.8) is 0 Å². The molecule has 0 radical (unpaired) electrons. The van der Waals surface area contributed by atoms with E-state index >= 15 is 0 Å². The molecule has 5 rings (SSSR count). The predicted molar refractivity (Wildman–Crippen MR) is 198 cm³/mol. The lowest BCUT2D eigenvalue weighted by Crippen LogP contribution is -2.35. The van der Waals surface area contributed by atoms with E-state index in [9.17, 15) is 0 Å². The molecule has 2 heterocycles. The summed E-state index contributed by atoms with van der Waals surface area (Å²) in [6.07, 6.45) is 29.0. The number of hydrogen-bond donors (Lipinski definition) is 0. The van der Waals surface area contributed by atoms with Crippen LogP contribution < -0.4 is 10.4 Å².